The molecule has 118 valence electrons. The molecule has 2 unspecified atom stereocenters. The number of hydrogen-bond acceptors (Lipinski definition) is 5. The van der Waals surface area contributed by atoms with E-state index in [1.807, 2.05) is 6.92 Å². The number of rotatable bonds is 5. The molecule has 0 saturated heterocycles. The van der Waals surface area contributed by atoms with Gasteiger partial charge in [0, 0.05) is 24.8 Å². The van der Waals surface area contributed by atoms with E-state index in [1.54, 1.807) is 17.9 Å². The second kappa shape index (κ2) is 6.15. The van der Waals surface area contributed by atoms with E-state index in [1.165, 1.54) is 7.11 Å². The second-order valence-electron chi connectivity index (χ2n) is 5.34. The van der Waals surface area contributed by atoms with Gasteiger partial charge in [-0.1, -0.05) is 6.42 Å². The van der Waals surface area contributed by atoms with Gasteiger partial charge in [0.2, 0.25) is 10.0 Å². The van der Waals surface area contributed by atoms with Crippen LogP contribution >= 0.6 is 0 Å². The Morgan fingerprint density at radius 2 is 2.24 bits per heavy atom. The van der Waals surface area contributed by atoms with E-state index < -0.39 is 27.2 Å². The SMILES string of the molecule is COC(=O)C1CCCC1S(=O)(=O)NCc1cnn(C)c1C. The Kier molecular flexibility index (Phi) is 4.67. The Balaban J connectivity index is 2.08. The lowest BCUT2D eigenvalue weighted by atomic mass is 10.1. The summed E-state index contributed by atoms with van der Waals surface area (Å²) in [6, 6.07) is 0. The lowest BCUT2D eigenvalue weighted by Gasteiger charge is -2.18. The number of nitrogens with one attached hydrogen (secondary N) is 1. The molecule has 0 amide bonds. The van der Waals surface area contributed by atoms with Gasteiger partial charge in [-0.25, -0.2) is 13.1 Å². The first-order chi connectivity index (χ1) is 9.86. The van der Waals surface area contributed by atoms with E-state index >= 15 is 0 Å². The maximum atomic E-state index is 12.4. The molecule has 1 saturated carbocycles. The van der Waals surface area contributed by atoms with Crippen LogP contribution < -0.4 is 4.72 Å². The first-order valence-electron chi connectivity index (χ1n) is 6.90. The Morgan fingerprint density at radius 1 is 1.52 bits per heavy atom. The fraction of sp³-hybridized carbons (Fsp3) is 0.692. The minimum atomic E-state index is -3.56. The van der Waals surface area contributed by atoms with Gasteiger partial charge in [-0.15, -0.1) is 0 Å². The van der Waals surface area contributed by atoms with Crippen molar-refractivity contribution >= 4 is 16.0 Å². The summed E-state index contributed by atoms with van der Waals surface area (Å²) in [6.45, 7) is 2.07. The van der Waals surface area contributed by atoms with Crippen molar-refractivity contribution in [1.29, 1.82) is 0 Å². The molecule has 1 aromatic heterocycles. The molecule has 1 aromatic rings. The topological polar surface area (TPSA) is 90.3 Å². The number of aromatic nitrogens is 2. The summed E-state index contributed by atoms with van der Waals surface area (Å²) < 4.78 is 33.8. The predicted molar refractivity (Wildman–Crippen MR) is 76.8 cm³/mol. The van der Waals surface area contributed by atoms with Crippen LogP contribution in [-0.4, -0.2) is 36.5 Å². The normalized spacial score (nSPS) is 22.4. The molecule has 0 bridgehead atoms. The smallest absolute Gasteiger partial charge is 0.310 e. The zero-order chi connectivity index (χ0) is 15.6. The third kappa shape index (κ3) is 3.26. The molecular weight excluding hydrogens is 294 g/mol. The monoisotopic (exact) mass is 315 g/mol. The highest BCUT2D eigenvalue weighted by molar-refractivity contribution is 7.90. The van der Waals surface area contributed by atoms with Crippen LogP contribution in [0.4, 0.5) is 0 Å². The van der Waals surface area contributed by atoms with Crippen molar-refractivity contribution in [2.75, 3.05) is 7.11 Å². The molecule has 21 heavy (non-hydrogen) atoms. The Hall–Kier alpha value is -1.41. The molecule has 1 N–H and O–H groups in total. The number of ether oxygens (including phenoxy) is 1. The van der Waals surface area contributed by atoms with Crippen LogP contribution in [0.15, 0.2) is 6.20 Å². The number of methoxy groups -OCH3 is 1. The Labute approximate surface area is 124 Å². The lowest BCUT2D eigenvalue weighted by Crippen LogP contribution is -2.39. The number of hydrogen-bond donors (Lipinski definition) is 1. The van der Waals surface area contributed by atoms with Crippen molar-refractivity contribution in [3.05, 3.63) is 17.5 Å². The number of esters is 1. The van der Waals surface area contributed by atoms with Crippen molar-refractivity contribution in [3.8, 4) is 0 Å². The minimum absolute atomic E-state index is 0.187. The molecule has 0 radical (unpaired) electrons. The van der Waals surface area contributed by atoms with Crippen molar-refractivity contribution in [2.45, 2.75) is 38.0 Å². The number of nitrogens with zero attached hydrogens (tertiary/aromatic N) is 2. The number of carbonyl (C=O) groups is 1. The maximum absolute atomic E-state index is 12.4. The standard InChI is InChI=1S/C13H21N3O4S/c1-9-10(7-14-16(9)2)8-15-21(18,19)12-6-4-5-11(12)13(17)20-3/h7,11-12,15H,4-6,8H2,1-3H3. The van der Waals surface area contributed by atoms with Crippen LogP contribution in [0.2, 0.25) is 0 Å². The quantitative estimate of drug-likeness (QED) is 0.799. The fourth-order valence-electron chi connectivity index (χ4n) is 2.72. The first-order valence-corrected chi connectivity index (χ1v) is 8.45. The van der Waals surface area contributed by atoms with Gasteiger partial charge in [0.05, 0.1) is 24.5 Å². The maximum Gasteiger partial charge on any atom is 0.310 e. The minimum Gasteiger partial charge on any atom is -0.469 e. The van der Waals surface area contributed by atoms with Crippen molar-refractivity contribution < 1.29 is 17.9 Å². The molecule has 2 rings (SSSR count). The van der Waals surface area contributed by atoms with E-state index in [9.17, 15) is 13.2 Å². The van der Waals surface area contributed by atoms with E-state index in [2.05, 4.69) is 9.82 Å². The molecule has 1 aliphatic carbocycles. The number of carbonyl (C=O) groups excluding carboxylic acids is 1. The molecule has 1 heterocycles. The van der Waals surface area contributed by atoms with Gasteiger partial charge in [0.15, 0.2) is 0 Å². The number of aryl methyl sites for hydroxylation is 1. The average molecular weight is 315 g/mol. The van der Waals surface area contributed by atoms with Gasteiger partial charge in [-0.05, 0) is 19.8 Å². The molecule has 7 nitrogen and oxygen atoms in total. The summed E-state index contributed by atoms with van der Waals surface area (Å²) >= 11 is 0. The van der Waals surface area contributed by atoms with Gasteiger partial charge in [-0.2, -0.15) is 5.10 Å². The van der Waals surface area contributed by atoms with Crippen molar-refractivity contribution in [2.24, 2.45) is 13.0 Å². The Bertz CT molecular complexity index is 623. The van der Waals surface area contributed by atoms with Crippen molar-refractivity contribution in [3.63, 3.8) is 0 Å². The molecule has 0 aliphatic heterocycles. The zero-order valence-corrected chi connectivity index (χ0v) is 13.3. The predicted octanol–water partition coefficient (Wildman–Crippen LogP) is 0.490. The zero-order valence-electron chi connectivity index (χ0n) is 12.5. The molecular formula is C13H21N3O4S. The van der Waals surface area contributed by atoms with Crippen LogP contribution in [0.1, 0.15) is 30.5 Å². The van der Waals surface area contributed by atoms with E-state index in [4.69, 9.17) is 4.74 Å². The van der Waals surface area contributed by atoms with Crippen LogP contribution in [-0.2, 0) is 33.1 Å². The average Bonchev–Trinajstić information content (AvgIpc) is 3.05. The summed E-state index contributed by atoms with van der Waals surface area (Å²) in [7, 11) is -0.466. The van der Waals surface area contributed by atoms with E-state index in [0.717, 1.165) is 17.7 Å². The summed E-state index contributed by atoms with van der Waals surface area (Å²) in [5.41, 5.74) is 1.74. The first kappa shape index (κ1) is 16.0. The summed E-state index contributed by atoms with van der Waals surface area (Å²) in [6.07, 6.45) is 3.41. The largest absolute Gasteiger partial charge is 0.469 e. The third-order valence-corrected chi connectivity index (χ3v) is 6.06. The summed E-state index contributed by atoms with van der Waals surface area (Å²) in [4.78, 5) is 11.7. The molecule has 1 fully saturated rings. The van der Waals surface area contributed by atoms with Gasteiger partial charge in [0.25, 0.3) is 0 Å². The molecule has 0 spiro atoms. The second-order valence-corrected chi connectivity index (χ2v) is 7.33. The van der Waals surface area contributed by atoms with Gasteiger partial charge < -0.3 is 4.74 Å². The Morgan fingerprint density at radius 3 is 2.81 bits per heavy atom. The number of sulfonamides is 1. The highest BCUT2D eigenvalue weighted by Gasteiger charge is 2.42. The fourth-order valence-corrected chi connectivity index (χ4v) is 4.45. The lowest BCUT2D eigenvalue weighted by molar-refractivity contribution is -0.145. The van der Waals surface area contributed by atoms with Crippen LogP contribution in [0, 0.1) is 12.8 Å². The van der Waals surface area contributed by atoms with E-state index in [-0.39, 0.29) is 6.54 Å². The molecule has 2 atom stereocenters. The van der Waals surface area contributed by atoms with Gasteiger partial charge >= 0.3 is 5.97 Å². The van der Waals surface area contributed by atoms with Crippen LogP contribution in [0.3, 0.4) is 0 Å². The summed E-state index contributed by atoms with van der Waals surface area (Å²) in [5.74, 6) is -1.01. The van der Waals surface area contributed by atoms with Crippen molar-refractivity contribution in [1.82, 2.24) is 14.5 Å². The van der Waals surface area contributed by atoms with Gasteiger partial charge in [-0.3, -0.25) is 9.48 Å². The summed E-state index contributed by atoms with van der Waals surface area (Å²) in [5, 5.41) is 3.37. The third-order valence-electron chi connectivity index (χ3n) is 4.16. The van der Waals surface area contributed by atoms with Gasteiger partial charge in [0.1, 0.15) is 0 Å². The molecule has 8 heteroatoms. The van der Waals surface area contributed by atoms with E-state index in [0.29, 0.717) is 12.8 Å². The highest BCUT2D eigenvalue weighted by Crippen LogP contribution is 2.31. The highest BCUT2D eigenvalue weighted by atomic mass is 32.2. The molecule has 0 aromatic carbocycles. The van der Waals surface area contributed by atoms with Crippen LogP contribution in [0.25, 0.3) is 0 Å². The molecule has 1 aliphatic rings. The van der Waals surface area contributed by atoms with Crippen LogP contribution in [0.5, 0.6) is 0 Å².